The Morgan fingerprint density at radius 2 is 1.67 bits per heavy atom. The summed E-state index contributed by atoms with van der Waals surface area (Å²) in [5.41, 5.74) is 1.45. The van der Waals surface area contributed by atoms with Gasteiger partial charge in [-0.25, -0.2) is 8.78 Å². The molecule has 6 heteroatoms. The van der Waals surface area contributed by atoms with E-state index in [1.165, 1.54) is 12.1 Å². The monoisotopic (exact) mass is 370 g/mol. The van der Waals surface area contributed by atoms with Crippen LogP contribution in [0.25, 0.3) is 0 Å². The molecule has 0 aliphatic heterocycles. The number of hydrogen-bond acceptors (Lipinski definition) is 3. The van der Waals surface area contributed by atoms with Gasteiger partial charge in [0.15, 0.2) is 0 Å². The molecule has 1 N–H and O–H groups in total. The number of carbonyl (C=O) groups is 1. The summed E-state index contributed by atoms with van der Waals surface area (Å²) in [6.07, 6.45) is 1.59. The van der Waals surface area contributed by atoms with Crippen molar-refractivity contribution in [3.05, 3.63) is 95.4 Å². The van der Waals surface area contributed by atoms with Crippen LogP contribution in [0.1, 0.15) is 16.9 Å². The maximum absolute atomic E-state index is 13.2. The minimum Gasteiger partial charge on any atom is -0.468 e. The van der Waals surface area contributed by atoms with E-state index in [0.717, 1.165) is 17.4 Å². The molecule has 3 aromatic rings. The lowest BCUT2D eigenvalue weighted by Gasteiger charge is -2.21. The highest BCUT2D eigenvalue weighted by molar-refractivity contribution is 5.78. The van der Waals surface area contributed by atoms with Gasteiger partial charge in [-0.3, -0.25) is 9.69 Å². The SMILES string of the molecule is O=C(CN(Cc1ccccc1)Cc1ccco1)NCc1cc(F)cc(F)c1. The van der Waals surface area contributed by atoms with E-state index < -0.39 is 11.6 Å². The Labute approximate surface area is 156 Å². The van der Waals surface area contributed by atoms with Crippen molar-refractivity contribution in [2.24, 2.45) is 0 Å². The van der Waals surface area contributed by atoms with Crippen LogP contribution in [0.5, 0.6) is 0 Å². The molecule has 0 aliphatic rings. The van der Waals surface area contributed by atoms with Gasteiger partial charge in [0.05, 0.1) is 19.4 Å². The maximum atomic E-state index is 13.2. The smallest absolute Gasteiger partial charge is 0.234 e. The summed E-state index contributed by atoms with van der Waals surface area (Å²) in [6, 6.07) is 16.7. The molecular formula is C21H20F2N2O2. The molecule has 3 rings (SSSR count). The highest BCUT2D eigenvalue weighted by Gasteiger charge is 2.14. The zero-order chi connectivity index (χ0) is 19.1. The number of hydrogen-bond donors (Lipinski definition) is 1. The van der Waals surface area contributed by atoms with E-state index >= 15 is 0 Å². The zero-order valence-electron chi connectivity index (χ0n) is 14.7. The first-order chi connectivity index (χ1) is 13.1. The van der Waals surface area contributed by atoms with Gasteiger partial charge in [0, 0.05) is 19.2 Å². The van der Waals surface area contributed by atoms with Gasteiger partial charge in [-0.15, -0.1) is 0 Å². The first-order valence-corrected chi connectivity index (χ1v) is 8.59. The quantitative estimate of drug-likeness (QED) is 0.655. The molecular weight excluding hydrogens is 350 g/mol. The Balaban J connectivity index is 1.60. The lowest BCUT2D eigenvalue weighted by molar-refractivity contribution is -0.122. The van der Waals surface area contributed by atoms with Crippen LogP contribution in [0.2, 0.25) is 0 Å². The number of amides is 1. The van der Waals surface area contributed by atoms with Gasteiger partial charge < -0.3 is 9.73 Å². The van der Waals surface area contributed by atoms with Gasteiger partial charge in [0.2, 0.25) is 5.91 Å². The van der Waals surface area contributed by atoms with E-state index in [2.05, 4.69) is 5.32 Å². The van der Waals surface area contributed by atoms with Crippen molar-refractivity contribution in [1.82, 2.24) is 10.2 Å². The van der Waals surface area contributed by atoms with Crippen molar-refractivity contribution in [3.8, 4) is 0 Å². The van der Waals surface area contributed by atoms with Crippen LogP contribution in [-0.4, -0.2) is 17.4 Å². The molecule has 0 radical (unpaired) electrons. The van der Waals surface area contributed by atoms with Gasteiger partial charge >= 0.3 is 0 Å². The van der Waals surface area contributed by atoms with E-state index in [9.17, 15) is 13.6 Å². The number of halogens is 2. The molecule has 4 nitrogen and oxygen atoms in total. The Hall–Kier alpha value is -2.99. The number of benzene rings is 2. The van der Waals surface area contributed by atoms with Crippen molar-refractivity contribution < 1.29 is 18.0 Å². The van der Waals surface area contributed by atoms with Crippen LogP contribution in [0.3, 0.4) is 0 Å². The van der Waals surface area contributed by atoms with Gasteiger partial charge in [-0.2, -0.15) is 0 Å². The van der Waals surface area contributed by atoms with Crippen LogP contribution in [0, 0.1) is 11.6 Å². The number of carbonyl (C=O) groups excluding carboxylic acids is 1. The summed E-state index contributed by atoms with van der Waals surface area (Å²) < 4.78 is 31.9. The normalized spacial score (nSPS) is 10.9. The molecule has 0 saturated heterocycles. The molecule has 27 heavy (non-hydrogen) atoms. The third kappa shape index (κ3) is 6.04. The fourth-order valence-electron chi connectivity index (χ4n) is 2.80. The number of nitrogens with zero attached hydrogens (tertiary/aromatic N) is 1. The Morgan fingerprint density at radius 3 is 2.33 bits per heavy atom. The van der Waals surface area contributed by atoms with E-state index in [-0.39, 0.29) is 19.0 Å². The highest BCUT2D eigenvalue weighted by Crippen LogP contribution is 2.11. The first kappa shape index (κ1) is 18.8. The molecule has 0 bridgehead atoms. The van der Waals surface area contributed by atoms with Gasteiger partial charge in [-0.1, -0.05) is 30.3 Å². The fraction of sp³-hybridized carbons (Fsp3) is 0.190. The standard InChI is InChI=1S/C21H20F2N2O2/c22-18-9-17(10-19(23)11-18)12-24-21(26)15-25(14-20-7-4-8-27-20)13-16-5-2-1-3-6-16/h1-11H,12-15H2,(H,24,26). The van der Waals surface area contributed by atoms with Crippen LogP contribution in [-0.2, 0) is 24.4 Å². The summed E-state index contributed by atoms with van der Waals surface area (Å²) in [4.78, 5) is 14.3. The maximum Gasteiger partial charge on any atom is 0.234 e. The minimum absolute atomic E-state index is 0.0629. The fourth-order valence-corrected chi connectivity index (χ4v) is 2.80. The first-order valence-electron chi connectivity index (χ1n) is 8.59. The van der Waals surface area contributed by atoms with Crippen molar-refractivity contribution in [2.45, 2.75) is 19.6 Å². The number of rotatable bonds is 8. The van der Waals surface area contributed by atoms with Crippen molar-refractivity contribution in [1.29, 1.82) is 0 Å². The third-order valence-corrected chi connectivity index (χ3v) is 3.99. The summed E-state index contributed by atoms with van der Waals surface area (Å²) in [5, 5.41) is 2.70. The van der Waals surface area contributed by atoms with Crippen LogP contribution >= 0.6 is 0 Å². The van der Waals surface area contributed by atoms with Gasteiger partial charge in [0.1, 0.15) is 17.4 Å². The van der Waals surface area contributed by atoms with Crippen LogP contribution in [0.15, 0.2) is 71.3 Å². The topological polar surface area (TPSA) is 45.5 Å². The third-order valence-electron chi connectivity index (χ3n) is 3.99. The molecule has 140 valence electrons. The molecule has 2 aromatic carbocycles. The molecule has 0 atom stereocenters. The van der Waals surface area contributed by atoms with Crippen LogP contribution < -0.4 is 5.32 Å². The Morgan fingerprint density at radius 1 is 0.926 bits per heavy atom. The number of furan rings is 1. The molecule has 0 spiro atoms. The Bertz CT molecular complexity index is 847. The minimum atomic E-state index is -0.664. The van der Waals surface area contributed by atoms with Crippen molar-refractivity contribution in [3.63, 3.8) is 0 Å². The van der Waals surface area contributed by atoms with E-state index in [1.807, 2.05) is 41.3 Å². The number of nitrogens with one attached hydrogen (secondary N) is 1. The van der Waals surface area contributed by atoms with Gasteiger partial charge in [-0.05, 0) is 35.4 Å². The second-order valence-electron chi connectivity index (χ2n) is 6.26. The predicted molar refractivity (Wildman–Crippen MR) is 97.5 cm³/mol. The summed E-state index contributed by atoms with van der Waals surface area (Å²) in [5.74, 6) is -0.807. The molecule has 1 aromatic heterocycles. The van der Waals surface area contributed by atoms with Gasteiger partial charge in [0.25, 0.3) is 0 Å². The molecule has 0 fully saturated rings. The Kier molecular flexibility index (Phi) is 6.33. The molecule has 0 saturated carbocycles. The lowest BCUT2D eigenvalue weighted by atomic mass is 10.2. The van der Waals surface area contributed by atoms with E-state index in [1.54, 1.807) is 12.3 Å². The second-order valence-corrected chi connectivity index (χ2v) is 6.26. The molecule has 0 unspecified atom stereocenters. The average molecular weight is 370 g/mol. The predicted octanol–water partition coefficient (Wildman–Crippen LogP) is 3.88. The highest BCUT2D eigenvalue weighted by atomic mass is 19.1. The molecule has 0 aliphatic carbocycles. The lowest BCUT2D eigenvalue weighted by Crippen LogP contribution is -2.36. The van der Waals surface area contributed by atoms with E-state index in [0.29, 0.717) is 18.7 Å². The van der Waals surface area contributed by atoms with Crippen LogP contribution in [0.4, 0.5) is 8.78 Å². The molecule has 1 amide bonds. The average Bonchev–Trinajstić information content (AvgIpc) is 3.13. The zero-order valence-corrected chi connectivity index (χ0v) is 14.7. The van der Waals surface area contributed by atoms with E-state index in [4.69, 9.17) is 4.42 Å². The van der Waals surface area contributed by atoms with Crippen molar-refractivity contribution >= 4 is 5.91 Å². The van der Waals surface area contributed by atoms with Crippen molar-refractivity contribution in [2.75, 3.05) is 6.54 Å². The summed E-state index contributed by atoms with van der Waals surface area (Å²) >= 11 is 0. The molecule has 1 heterocycles. The summed E-state index contributed by atoms with van der Waals surface area (Å²) in [6.45, 7) is 1.24. The second kappa shape index (κ2) is 9.09. The summed E-state index contributed by atoms with van der Waals surface area (Å²) in [7, 11) is 0. The largest absolute Gasteiger partial charge is 0.468 e.